The first-order chi connectivity index (χ1) is 11.7. The van der Waals surface area contributed by atoms with Crippen LogP contribution in [0.2, 0.25) is 0 Å². The molecular weight excluding hydrogens is 302 g/mol. The molecule has 0 bridgehead atoms. The zero-order valence-corrected chi connectivity index (χ0v) is 13.2. The highest BCUT2D eigenvalue weighted by Gasteiger charge is 2.23. The fraction of sp³-hybridized carbons (Fsp3) is 0.100. The normalized spacial score (nSPS) is 14.5. The number of hydrogen-bond acceptors (Lipinski definition) is 4. The van der Waals surface area contributed by atoms with Crippen LogP contribution in [-0.2, 0) is 4.84 Å². The Morgan fingerprint density at radius 2 is 1.83 bits per heavy atom. The number of rotatable bonds is 2. The third-order valence-electron chi connectivity index (χ3n) is 4.15. The van der Waals surface area contributed by atoms with Crippen molar-refractivity contribution >= 4 is 22.5 Å². The molecule has 0 atom stereocenters. The van der Waals surface area contributed by atoms with Gasteiger partial charge in [-0.1, -0.05) is 53.7 Å². The molecule has 0 N–H and O–H groups in total. The van der Waals surface area contributed by atoms with E-state index in [-0.39, 0.29) is 0 Å². The molecule has 4 nitrogen and oxygen atoms in total. The van der Waals surface area contributed by atoms with Crippen LogP contribution in [0.1, 0.15) is 21.5 Å². The van der Waals surface area contributed by atoms with E-state index in [9.17, 15) is 4.79 Å². The van der Waals surface area contributed by atoms with Crippen molar-refractivity contribution in [2.75, 3.05) is 6.61 Å². The Hall–Kier alpha value is -3.14. The van der Waals surface area contributed by atoms with E-state index in [0.29, 0.717) is 17.9 Å². The number of carbonyl (C=O) groups is 1. The highest BCUT2D eigenvalue weighted by molar-refractivity contribution is 6.15. The summed E-state index contributed by atoms with van der Waals surface area (Å²) >= 11 is 0. The lowest BCUT2D eigenvalue weighted by Gasteiger charge is -2.04. The maximum absolute atomic E-state index is 12.2. The van der Waals surface area contributed by atoms with E-state index in [1.54, 1.807) is 12.1 Å². The molecule has 24 heavy (non-hydrogen) atoms. The van der Waals surface area contributed by atoms with Crippen LogP contribution in [-0.4, -0.2) is 18.3 Å². The van der Waals surface area contributed by atoms with Gasteiger partial charge in [-0.05, 0) is 35.4 Å². The van der Waals surface area contributed by atoms with Crippen LogP contribution in [0.4, 0.5) is 0 Å². The Kier molecular flexibility index (Phi) is 3.50. The topological polar surface area (TPSA) is 47.9 Å². The molecule has 1 aliphatic rings. The van der Waals surface area contributed by atoms with E-state index in [1.165, 1.54) is 0 Å². The average Bonchev–Trinajstić information content (AvgIpc) is 3.04. The predicted molar refractivity (Wildman–Crippen MR) is 92.6 cm³/mol. The van der Waals surface area contributed by atoms with Gasteiger partial charge in [0.1, 0.15) is 18.1 Å². The van der Waals surface area contributed by atoms with Gasteiger partial charge in [-0.15, -0.1) is 0 Å². The fourth-order valence-electron chi connectivity index (χ4n) is 2.91. The largest absolute Gasteiger partial charge is 0.486 e. The molecule has 0 spiro atoms. The molecule has 0 fully saturated rings. The van der Waals surface area contributed by atoms with Crippen molar-refractivity contribution in [2.45, 2.75) is 6.92 Å². The third kappa shape index (κ3) is 2.42. The first-order valence-corrected chi connectivity index (χ1v) is 7.73. The molecule has 0 saturated carbocycles. The van der Waals surface area contributed by atoms with E-state index in [4.69, 9.17) is 9.57 Å². The summed E-state index contributed by atoms with van der Waals surface area (Å²) in [5.74, 6) is 0.300. The zero-order chi connectivity index (χ0) is 16.5. The van der Waals surface area contributed by atoms with Gasteiger partial charge in [-0.25, -0.2) is 4.79 Å². The molecule has 0 amide bonds. The number of ether oxygens (including phenoxy) is 1. The molecule has 3 aromatic rings. The molecule has 1 heterocycles. The van der Waals surface area contributed by atoms with Gasteiger partial charge in [0, 0.05) is 0 Å². The molecular formula is C20H15NO3. The number of fused-ring (bicyclic) bond motifs is 3. The standard InChI is InChI=1S/C20H15NO3/c1-13-6-2-4-8-15(13)20(22)24-21-17-12-23-18-11-10-14-7-3-5-9-16(14)19(17)18/h2-11H,12H2,1H3/b21-17+. The van der Waals surface area contributed by atoms with Crippen LogP contribution in [0.5, 0.6) is 5.75 Å². The predicted octanol–water partition coefficient (Wildman–Crippen LogP) is 4.10. The Morgan fingerprint density at radius 3 is 2.71 bits per heavy atom. The lowest BCUT2D eigenvalue weighted by atomic mass is 10.0. The summed E-state index contributed by atoms with van der Waals surface area (Å²) in [6.07, 6.45) is 0. The fourth-order valence-corrected chi connectivity index (χ4v) is 2.91. The van der Waals surface area contributed by atoms with Crippen LogP contribution < -0.4 is 4.74 Å². The van der Waals surface area contributed by atoms with E-state index < -0.39 is 5.97 Å². The molecule has 0 radical (unpaired) electrons. The van der Waals surface area contributed by atoms with Crippen molar-refractivity contribution < 1.29 is 14.4 Å². The van der Waals surface area contributed by atoms with Gasteiger partial charge < -0.3 is 9.57 Å². The molecule has 0 unspecified atom stereocenters. The number of benzene rings is 3. The summed E-state index contributed by atoms with van der Waals surface area (Å²) in [4.78, 5) is 17.4. The summed E-state index contributed by atoms with van der Waals surface area (Å²) in [5.41, 5.74) is 2.89. The molecule has 0 aromatic heterocycles. The lowest BCUT2D eigenvalue weighted by Crippen LogP contribution is -2.08. The van der Waals surface area contributed by atoms with Crippen molar-refractivity contribution in [3.63, 3.8) is 0 Å². The molecule has 4 heteroatoms. The van der Waals surface area contributed by atoms with Crippen molar-refractivity contribution in [1.82, 2.24) is 0 Å². The summed E-state index contributed by atoms with van der Waals surface area (Å²) in [7, 11) is 0. The lowest BCUT2D eigenvalue weighted by molar-refractivity contribution is 0.0514. The van der Waals surface area contributed by atoms with Gasteiger partial charge in [-0.3, -0.25) is 0 Å². The minimum absolute atomic E-state index is 0.296. The molecule has 3 aromatic carbocycles. The summed E-state index contributed by atoms with van der Waals surface area (Å²) in [6, 6.07) is 19.2. The van der Waals surface area contributed by atoms with Crippen molar-refractivity contribution in [3.05, 3.63) is 77.4 Å². The first kappa shape index (κ1) is 14.5. The SMILES string of the molecule is Cc1ccccc1C(=O)O/N=C1\COc2ccc3ccccc3c21. The van der Waals surface area contributed by atoms with Crippen molar-refractivity contribution in [3.8, 4) is 5.75 Å². The van der Waals surface area contributed by atoms with E-state index in [1.807, 2.05) is 55.5 Å². The van der Waals surface area contributed by atoms with Crippen molar-refractivity contribution in [1.29, 1.82) is 0 Å². The minimum atomic E-state index is -0.464. The summed E-state index contributed by atoms with van der Waals surface area (Å²) in [6.45, 7) is 2.16. The Bertz CT molecular complexity index is 976. The molecule has 0 saturated heterocycles. The number of nitrogens with zero attached hydrogens (tertiary/aromatic N) is 1. The van der Waals surface area contributed by atoms with Gasteiger partial charge in [-0.2, -0.15) is 0 Å². The maximum atomic E-state index is 12.2. The van der Waals surface area contributed by atoms with Crippen LogP contribution in [0.15, 0.2) is 65.8 Å². The summed E-state index contributed by atoms with van der Waals surface area (Å²) < 4.78 is 5.66. The van der Waals surface area contributed by atoms with Crippen LogP contribution in [0, 0.1) is 6.92 Å². The van der Waals surface area contributed by atoms with Crippen LogP contribution >= 0.6 is 0 Å². The molecule has 0 aliphatic carbocycles. The number of carbonyl (C=O) groups excluding carboxylic acids is 1. The van der Waals surface area contributed by atoms with Crippen molar-refractivity contribution in [2.24, 2.45) is 5.16 Å². The van der Waals surface area contributed by atoms with Crippen LogP contribution in [0.3, 0.4) is 0 Å². The van der Waals surface area contributed by atoms with E-state index in [0.717, 1.165) is 27.6 Å². The summed E-state index contributed by atoms with van der Waals surface area (Å²) in [5, 5.41) is 6.21. The number of aryl methyl sites for hydroxylation is 1. The maximum Gasteiger partial charge on any atom is 0.366 e. The van der Waals surface area contributed by atoms with Gasteiger partial charge in [0.05, 0.1) is 11.1 Å². The highest BCUT2D eigenvalue weighted by atomic mass is 16.7. The Morgan fingerprint density at radius 1 is 1.04 bits per heavy atom. The Balaban J connectivity index is 1.68. The third-order valence-corrected chi connectivity index (χ3v) is 4.15. The van der Waals surface area contributed by atoms with Gasteiger partial charge >= 0.3 is 5.97 Å². The zero-order valence-electron chi connectivity index (χ0n) is 13.2. The van der Waals surface area contributed by atoms with Gasteiger partial charge in [0.2, 0.25) is 0 Å². The first-order valence-electron chi connectivity index (χ1n) is 7.73. The van der Waals surface area contributed by atoms with E-state index >= 15 is 0 Å². The quantitative estimate of drug-likeness (QED) is 0.528. The monoisotopic (exact) mass is 317 g/mol. The molecule has 1 aliphatic heterocycles. The second-order valence-corrected chi connectivity index (χ2v) is 5.68. The molecule has 118 valence electrons. The average molecular weight is 317 g/mol. The smallest absolute Gasteiger partial charge is 0.366 e. The highest BCUT2D eigenvalue weighted by Crippen LogP contribution is 2.32. The van der Waals surface area contributed by atoms with Gasteiger partial charge in [0.15, 0.2) is 0 Å². The second-order valence-electron chi connectivity index (χ2n) is 5.68. The number of oxime groups is 1. The Labute approximate surface area is 139 Å². The van der Waals surface area contributed by atoms with E-state index in [2.05, 4.69) is 5.16 Å². The number of hydrogen-bond donors (Lipinski definition) is 0. The minimum Gasteiger partial charge on any atom is -0.486 e. The second kappa shape index (κ2) is 5.81. The van der Waals surface area contributed by atoms with Crippen LogP contribution in [0.25, 0.3) is 10.8 Å². The molecule has 4 rings (SSSR count). The van der Waals surface area contributed by atoms with Gasteiger partial charge in [0.25, 0.3) is 0 Å².